The number of benzene rings is 2. The zero-order chi connectivity index (χ0) is 23.9. The van der Waals surface area contributed by atoms with Crippen molar-refractivity contribution in [3.63, 3.8) is 0 Å². The van der Waals surface area contributed by atoms with Crippen molar-refractivity contribution in [3.8, 4) is 5.75 Å². The number of halogens is 4. The maximum atomic E-state index is 12.6. The number of carboxylic acids is 1. The Morgan fingerprint density at radius 3 is 2.34 bits per heavy atom. The molecule has 0 saturated carbocycles. The lowest BCUT2D eigenvalue weighted by molar-refractivity contribution is -0.192. The second-order valence-corrected chi connectivity index (χ2v) is 7.42. The maximum absolute atomic E-state index is 12.6. The van der Waals surface area contributed by atoms with Crippen molar-refractivity contribution in [2.45, 2.75) is 25.7 Å². The van der Waals surface area contributed by atoms with E-state index in [9.17, 15) is 18.0 Å². The van der Waals surface area contributed by atoms with Crippen LogP contribution in [0.3, 0.4) is 0 Å². The topological polar surface area (TPSA) is 70.1 Å². The number of aliphatic carboxylic acids is 1. The molecule has 1 atom stereocenters. The summed E-state index contributed by atoms with van der Waals surface area (Å²) in [5, 5.41) is 7.82. The van der Waals surface area contributed by atoms with Gasteiger partial charge in [0.05, 0.1) is 13.7 Å². The van der Waals surface area contributed by atoms with E-state index < -0.39 is 12.1 Å². The smallest absolute Gasteiger partial charge is 0.490 e. The maximum Gasteiger partial charge on any atom is 0.490 e. The molecule has 6 nitrogen and oxygen atoms in total. The third-order valence-electron chi connectivity index (χ3n) is 4.90. The molecule has 0 radical (unpaired) electrons. The molecular weight excluding hydrogens is 449 g/mol. The molecule has 1 fully saturated rings. The number of ether oxygens (including phenoxy) is 1. The molecule has 0 aromatic heterocycles. The minimum atomic E-state index is -5.08. The molecular formula is C22H24ClF3N2O4. The van der Waals surface area contributed by atoms with Gasteiger partial charge in [0, 0.05) is 11.6 Å². The summed E-state index contributed by atoms with van der Waals surface area (Å²) in [7, 11) is 1.66. The number of hydrogen-bond donors (Lipinski definition) is 1. The number of rotatable bonds is 6. The number of methoxy groups -OCH3 is 1. The van der Waals surface area contributed by atoms with Crippen molar-refractivity contribution in [2.75, 3.05) is 26.7 Å². The van der Waals surface area contributed by atoms with Gasteiger partial charge in [-0.1, -0.05) is 42.8 Å². The fourth-order valence-corrected chi connectivity index (χ4v) is 3.51. The van der Waals surface area contributed by atoms with Crippen LogP contribution in [-0.2, 0) is 16.0 Å². The summed E-state index contributed by atoms with van der Waals surface area (Å²) >= 11 is 6.17. The Morgan fingerprint density at radius 2 is 1.84 bits per heavy atom. The van der Waals surface area contributed by atoms with Gasteiger partial charge in [-0.2, -0.15) is 13.2 Å². The number of carbonyl (C=O) groups excluding carboxylic acids is 1. The number of nitrogens with zero attached hydrogens (tertiary/aromatic N) is 2. The van der Waals surface area contributed by atoms with Crippen molar-refractivity contribution < 1.29 is 32.6 Å². The number of amides is 1. The molecule has 2 aromatic rings. The number of hydrogen-bond acceptors (Lipinski definition) is 4. The van der Waals surface area contributed by atoms with Crippen LogP contribution in [0.4, 0.5) is 13.2 Å². The molecule has 3 rings (SSSR count). The Bertz CT molecular complexity index is 922. The molecule has 1 saturated heterocycles. The molecule has 1 heterocycles. The van der Waals surface area contributed by atoms with E-state index >= 15 is 0 Å². The summed E-state index contributed by atoms with van der Waals surface area (Å²) in [5.41, 5.74) is 2.25. The van der Waals surface area contributed by atoms with Crippen molar-refractivity contribution in [1.82, 2.24) is 9.80 Å². The summed E-state index contributed by atoms with van der Waals surface area (Å²) in [6.07, 6.45) is -4.32. The van der Waals surface area contributed by atoms with E-state index in [4.69, 9.17) is 26.2 Å². The van der Waals surface area contributed by atoms with Crippen LogP contribution in [0.25, 0.3) is 0 Å². The van der Waals surface area contributed by atoms with Gasteiger partial charge in [0.15, 0.2) is 0 Å². The Kier molecular flexibility index (Phi) is 8.91. The van der Waals surface area contributed by atoms with Crippen LogP contribution in [0, 0.1) is 0 Å². The lowest BCUT2D eigenvalue weighted by Gasteiger charge is -2.30. The average Bonchev–Trinajstić information content (AvgIpc) is 3.07. The number of likely N-dealkylation sites (N-methyl/N-ethyl adjacent to an activating group) is 1. The SMILES string of the molecule is CCN1CC(=O)N(CCc2ccc(OC)cc2)C1c1cccc(Cl)c1.O=C(O)C(F)(F)F. The first-order chi connectivity index (χ1) is 15.1. The highest BCUT2D eigenvalue weighted by atomic mass is 35.5. The lowest BCUT2D eigenvalue weighted by Crippen LogP contribution is -2.33. The van der Waals surface area contributed by atoms with E-state index in [2.05, 4.69) is 11.8 Å². The lowest BCUT2D eigenvalue weighted by atomic mass is 10.1. The molecule has 0 bridgehead atoms. The van der Waals surface area contributed by atoms with Crippen molar-refractivity contribution in [2.24, 2.45) is 0 Å². The Morgan fingerprint density at radius 1 is 1.22 bits per heavy atom. The molecule has 1 aliphatic heterocycles. The molecule has 1 amide bonds. The molecule has 2 aromatic carbocycles. The van der Waals surface area contributed by atoms with Crippen LogP contribution in [0.15, 0.2) is 48.5 Å². The van der Waals surface area contributed by atoms with Crippen LogP contribution >= 0.6 is 11.6 Å². The Hall–Kier alpha value is -2.78. The number of carbonyl (C=O) groups is 2. The van der Waals surface area contributed by atoms with Crippen LogP contribution in [0.2, 0.25) is 5.02 Å². The first-order valence-corrected chi connectivity index (χ1v) is 10.2. The Balaban J connectivity index is 0.000000451. The average molecular weight is 473 g/mol. The molecule has 0 aliphatic carbocycles. The zero-order valence-electron chi connectivity index (χ0n) is 17.6. The molecule has 1 aliphatic rings. The molecule has 0 spiro atoms. The molecule has 1 unspecified atom stereocenters. The molecule has 174 valence electrons. The number of alkyl halides is 3. The summed E-state index contributed by atoms with van der Waals surface area (Å²) in [4.78, 5) is 25.6. The zero-order valence-corrected chi connectivity index (χ0v) is 18.4. The predicted octanol–water partition coefficient (Wildman–Crippen LogP) is 4.39. The normalized spacial score (nSPS) is 16.5. The van der Waals surface area contributed by atoms with Crippen molar-refractivity contribution in [1.29, 1.82) is 0 Å². The van der Waals surface area contributed by atoms with E-state index in [-0.39, 0.29) is 12.1 Å². The first kappa shape index (κ1) is 25.5. The fourth-order valence-electron chi connectivity index (χ4n) is 3.32. The van der Waals surface area contributed by atoms with Gasteiger partial charge >= 0.3 is 12.1 Å². The highest BCUT2D eigenvalue weighted by molar-refractivity contribution is 6.30. The highest BCUT2D eigenvalue weighted by Crippen LogP contribution is 2.32. The molecule has 1 N–H and O–H groups in total. The van der Waals surface area contributed by atoms with E-state index in [1.807, 2.05) is 53.4 Å². The molecule has 10 heteroatoms. The van der Waals surface area contributed by atoms with Gasteiger partial charge in [-0.3, -0.25) is 9.69 Å². The highest BCUT2D eigenvalue weighted by Gasteiger charge is 2.38. The third-order valence-corrected chi connectivity index (χ3v) is 5.13. The Labute approximate surface area is 189 Å². The standard InChI is InChI=1S/C20H23ClN2O2.C2HF3O2/c1-3-22-14-19(24)23(20(22)16-5-4-6-17(21)13-16)12-11-15-7-9-18(25-2)10-8-15;3-2(4,5)1(6)7/h4-10,13,20H,3,11-12,14H2,1-2H3;(H,6,7). The second kappa shape index (κ2) is 11.2. The van der Waals surface area contributed by atoms with Crippen molar-refractivity contribution in [3.05, 3.63) is 64.7 Å². The predicted molar refractivity (Wildman–Crippen MR) is 114 cm³/mol. The summed E-state index contributed by atoms with van der Waals surface area (Å²) < 4.78 is 36.9. The minimum absolute atomic E-state index is 0.0468. The van der Waals surface area contributed by atoms with Gasteiger partial charge in [-0.25, -0.2) is 4.79 Å². The fraction of sp³-hybridized carbons (Fsp3) is 0.364. The van der Waals surface area contributed by atoms with Crippen LogP contribution in [0.1, 0.15) is 24.2 Å². The quantitative estimate of drug-likeness (QED) is 0.675. The molecule has 32 heavy (non-hydrogen) atoms. The largest absolute Gasteiger partial charge is 0.497 e. The second-order valence-electron chi connectivity index (χ2n) is 6.98. The van der Waals surface area contributed by atoms with E-state index in [1.54, 1.807) is 7.11 Å². The van der Waals surface area contributed by atoms with E-state index in [0.29, 0.717) is 18.1 Å². The first-order valence-electron chi connectivity index (χ1n) is 9.78. The summed E-state index contributed by atoms with van der Waals surface area (Å²) in [6, 6.07) is 15.8. The van der Waals surface area contributed by atoms with Crippen LogP contribution in [0.5, 0.6) is 5.75 Å². The summed E-state index contributed by atoms with van der Waals surface area (Å²) in [5.74, 6) is -1.75. The minimum Gasteiger partial charge on any atom is -0.497 e. The number of carboxylic acid groups (broad SMARTS) is 1. The van der Waals surface area contributed by atoms with Gasteiger partial charge in [0.2, 0.25) is 5.91 Å². The van der Waals surface area contributed by atoms with Gasteiger partial charge in [-0.15, -0.1) is 0 Å². The van der Waals surface area contributed by atoms with E-state index in [1.165, 1.54) is 5.56 Å². The van der Waals surface area contributed by atoms with Crippen LogP contribution < -0.4 is 4.74 Å². The van der Waals surface area contributed by atoms with Gasteiger partial charge in [0.25, 0.3) is 0 Å². The monoisotopic (exact) mass is 472 g/mol. The van der Waals surface area contributed by atoms with Gasteiger partial charge in [-0.05, 0) is 48.4 Å². The van der Waals surface area contributed by atoms with E-state index in [0.717, 1.165) is 24.3 Å². The summed E-state index contributed by atoms with van der Waals surface area (Å²) in [6.45, 7) is 4.04. The van der Waals surface area contributed by atoms with Crippen molar-refractivity contribution >= 4 is 23.5 Å². The van der Waals surface area contributed by atoms with Gasteiger partial charge in [0.1, 0.15) is 11.9 Å². The third kappa shape index (κ3) is 6.86. The van der Waals surface area contributed by atoms with Gasteiger partial charge < -0.3 is 14.7 Å². The van der Waals surface area contributed by atoms with Crippen LogP contribution in [-0.4, -0.2) is 59.7 Å².